The third-order valence-electron chi connectivity index (χ3n) is 4.59. The van der Waals surface area contributed by atoms with Crippen LogP contribution in [-0.4, -0.2) is 32.3 Å². The predicted molar refractivity (Wildman–Crippen MR) is 101 cm³/mol. The third-order valence-corrected chi connectivity index (χ3v) is 4.59. The molecule has 0 bridgehead atoms. The lowest BCUT2D eigenvalue weighted by atomic mass is 10.1. The van der Waals surface area contributed by atoms with E-state index in [9.17, 15) is 4.39 Å². The molecule has 0 atom stereocenters. The molecule has 5 heteroatoms. The first-order chi connectivity index (χ1) is 12.3. The molecular formula is C20H32FN3O. The van der Waals surface area contributed by atoms with Gasteiger partial charge in [-0.25, -0.2) is 4.39 Å². The van der Waals surface area contributed by atoms with E-state index >= 15 is 0 Å². The maximum atomic E-state index is 13.2. The van der Waals surface area contributed by atoms with Crippen molar-refractivity contribution >= 4 is 5.96 Å². The maximum Gasteiger partial charge on any atom is 0.191 e. The minimum Gasteiger partial charge on any atom is -0.378 e. The van der Waals surface area contributed by atoms with Gasteiger partial charge in [-0.2, -0.15) is 0 Å². The second kappa shape index (κ2) is 11.9. The smallest absolute Gasteiger partial charge is 0.191 e. The van der Waals surface area contributed by atoms with Crippen LogP contribution in [0.15, 0.2) is 29.3 Å². The number of nitrogens with one attached hydrogen (secondary N) is 2. The number of guanidine groups is 1. The van der Waals surface area contributed by atoms with Gasteiger partial charge in [0.15, 0.2) is 5.96 Å². The molecule has 0 heterocycles. The minimum absolute atomic E-state index is 0.212. The predicted octanol–water partition coefficient (Wildman–Crippen LogP) is 4.01. The Hall–Kier alpha value is -1.62. The van der Waals surface area contributed by atoms with Crippen LogP contribution >= 0.6 is 0 Å². The molecular weight excluding hydrogens is 317 g/mol. The van der Waals surface area contributed by atoms with Gasteiger partial charge in [-0.05, 0) is 43.4 Å². The average Bonchev–Trinajstić information content (AvgIpc) is 2.89. The summed E-state index contributed by atoms with van der Waals surface area (Å²) in [5, 5.41) is 6.50. The number of hydrogen-bond acceptors (Lipinski definition) is 2. The van der Waals surface area contributed by atoms with Gasteiger partial charge in [0.05, 0.1) is 6.10 Å². The number of aliphatic imine (C=N–C) groups is 1. The first-order valence-electron chi connectivity index (χ1n) is 9.58. The van der Waals surface area contributed by atoms with Crippen molar-refractivity contribution in [3.05, 3.63) is 35.6 Å². The van der Waals surface area contributed by atoms with Gasteiger partial charge in [0.2, 0.25) is 0 Å². The van der Waals surface area contributed by atoms with Gasteiger partial charge in [0.25, 0.3) is 0 Å². The monoisotopic (exact) mass is 349 g/mol. The Kier molecular flexibility index (Phi) is 9.34. The lowest BCUT2D eigenvalue weighted by molar-refractivity contribution is 0.0411. The van der Waals surface area contributed by atoms with E-state index in [0.717, 1.165) is 37.5 Å². The largest absolute Gasteiger partial charge is 0.378 e. The van der Waals surface area contributed by atoms with Gasteiger partial charge in [0, 0.05) is 26.7 Å². The molecule has 1 saturated carbocycles. The molecule has 1 aromatic carbocycles. The van der Waals surface area contributed by atoms with Gasteiger partial charge in [-0.1, -0.05) is 37.8 Å². The van der Waals surface area contributed by atoms with Crippen LogP contribution in [0.2, 0.25) is 0 Å². The fraction of sp³-hybridized carbons (Fsp3) is 0.650. The summed E-state index contributed by atoms with van der Waals surface area (Å²) in [6, 6.07) is 6.60. The van der Waals surface area contributed by atoms with Crippen molar-refractivity contribution in [3.8, 4) is 0 Å². The van der Waals surface area contributed by atoms with E-state index in [4.69, 9.17) is 4.74 Å². The van der Waals surface area contributed by atoms with Crippen LogP contribution in [0.4, 0.5) is 4.39 Å². The zero-order valence-electron chi connectivity index (χ0n) is 15.4. The average molecular weight is 349 g/mol. The van der Waals surface area contributed by atoms with E-state index in [1.165, 1.54) is 50.7 Å². The number of benzene rings is 1. The first-order valence-corrected chi connectivity index (χ1v) is 9.58. The van der Waals surface area contributed by atoms with Crippen molar-refractivity contribution in [1.29, 1.82) is 0 Å². The number of hydrogen-bond donors (Lipinski definition) is 2. The van der Waals surface area contributed by atoms with E-state index in [2.05, 4.69) is 15.6 Å². The second-order valence-electron chi connectivity index (χ2n) is 6.67. The molecule has 0 unspecified atom stereocenters. The highest BCUT2D eigenvalue weighted by molar-refractivity contribution is 5.79. The number of halogens is 1. The number of ether oxygens (including phenoxy) is 1. The fourth-order valence-electron chi connectivity index (χ4n) is 3.15. The minimum atomic E-state index is -0.212. The van der Waals surface area contributed by atoms with E-state index in [-0.39, 0.29) is 5.82 Å². The fourth-order valence-corrected chi connectivity index (χ4v) is 3.15. The standard InChI is InChI=1S/C20H32FN3O/c1-22-20(24-16-17-9-8-10-18(21)15-17)23-13-6-7-14-25-19-11-4-2-3-5-12-19/h8-10,15,19H,2-7,11-14,16H2,1H3,(H2,22,23,24). The zero-order chi connectivity index (χ0) is 17.7. The van der Waals surface area contributed by atoms with Crippen LogP contribution < -0.4 is 10.6 Å². The Morgan fingerprint density at radius 2 is 1.96 bits per heavy atom. The Morgan fingerprint density at radius 1 is 1.16 bits per heavy atom. The van der Waals surface area contributed by atoms with Crippen molar-refractivity contribution in [1.82, 2.24) is 10.6 Å². The molecule has 0 saturated heterocycles. The lowest BCUT2D eigenvalue weighted by Crippen LogP contribution is -2.37. The van der Waals surface area contributed by atoms with Crippen LogP contribution in [0.3, 0.4) is 0 Å². The topological polar surface area (TPSA) is 45.7 Å². The molecule has 2 rings (SSSR count). The summed E-state index contributed by atoms with van der Waals surface area (Å²) in [5.41, 5.74) is 0.903. The summed E-state index contributed by atoms with van der Waals surface area (Å²) in [5.74, 6) is 0.532. The van der Waals surface area contributed by atoms with E-state index in [1.54, 1.807) is 13.1 Å². The van der Waals surface area contributed by atoms with Gasteiger partial charge in [0.1, 0.15) is 5.82 Å². The third kappa shape index (κ3) is 8.34. The highest BCUT2D eigenvalue weighted by Crippen LogP contribution is 2.19. The molecule has 1 aliphatic carbocycles. The van der Waals surface area contributed by atoms with E-state index in [1.807, 2.05) is 6.07 Å². The summed E-state index contributed by atoms with van der Waals surface area (Å²) in [4.78, 5) is 4.20. The Bertz CT molecular complexity index is 513. The van der Waals surface area contributed by atoms with E-state index < -0.39 is 0 Å². The highest BCUT2D eigenvalue weighted by atomic mass is 19.1. The summed E-state index contributed by atoms with van der Waals surface area (Å²) in [6.07, 6.45) is 10.4. The van der Waals surface area contributed by atoms with Gasteiger partial charge in [-0.3, -0.25) is 4.99 Å². The molecule has 0 radical (unpaired) electrons. The van der Waals surface area contributed by atoms with Crippen LogP contribution in [0.1, 0.15) is 56.9 Å². The van der Waals surface area contributed by atoms with Crippen molar-refractivity contribution in [2.45, 2.75) is 64.0 Å². The maximum absolute atomic E-state index is 13.2. The molecule has 1 aromatic rings. The Balaban J connectivity index is 1.53. The van der Waals surface area contributed by atoms with Crippen molar-refractivity contribution in [2.75, 3.05) is 20.2 Å². The molecule has 1 aliphatic rings. The van der Waals surface area contributed by atoms with Crippen LogP contribution in [0, 0.1) is 5.82 Å². The number of rotatable bonds is 8. The molecule has 0 amide bonds. The normalized spacial score (nSPS) is 16.5. The van der Waals surface area contributed by atoms with Crippen LogP contribution in [0.5, 0.6) is 0 Å². The molecule has 140 valence electrons. The summed E-state index contributed by atoms with van der Waals surface area (Å²) >= 11 is 0. The summed E-state index contributed by atoms with van der Waals surface area (Å²) < 4.78 is 19.2. The number of unbranched alkanes of at least 4 members (excludes halogenated alkanes) is 1. The van der Waals surface area contributed by atoms with Gasteiger partial charge in [-0.15, -0.1) is 0 Å². The first kappa shape index (κ1) is 19.7. The van der Waals surface area contributed by atoms with Crippen LogP contribution in [-0.2, 0) is 11.3 Å². The Labute approximate surface area is 151 Å². The van der Waals surface area contributed by atoms with Gasteiger partial charge < -0.3 is 15.4 Å². The summed E-state index contributed by atoms with van der Waals surface area (Å²) in [7, 11) is 1.75. The zero-order valence-corrected chi connectivity index (χ0v) is 15.4. The van der Waals surface area contributed by atoms with Crippen molar-refractivity contribution in [3.63, 3.8) is 0 Å². The molecule has 4 nitrogen and oxygen atoms in total. The lowest BCUT2D eigenvalue weighted by Gasteiger charge is -2.15. The van der Waals surface area contributed by atoms with E-state index in [0.29, 0.717) is 12.6 Å². The Morgan fingerprint density at radius 3 is 2.68 bits per heavy atom. The SMILES string of the molecule is CN=C(NCCCCOC1CCCCCC1)NCc1cccc(F)c1. The highest BCUT2D eigenvalue weighted by Gasteiger charge is 2.11. The van der Waals surface area contributed by atoms with Crippen molar-refractivity contribution < 1.29 is 9.13 Å². The summed E-state index contributed by atoms with van der Waals surface area (Å²) in [6.45, 7) is 2.26. The molecule has 1 fully saturated rings. The van der Waals surface area contributed by atoms with Crippen LogP contribution in [0.25, 0.3) is 0 Å². The number of nitrogens with zero attached hydrogens (tertiary/aromatic N) is 1. The van der Waals surface area contributed by atoms with Gasteiger partial charge >= 0.3 is 0 Å². The second-order valence-corrected chi connectivity index (χ2v) is 6.67. The molecule has 0 spiro atoms. The molecule has 25 heavy (non-hydrogen) atoms. The quantitative estimate of drug-likeness (QED) is 0.323. The molecule has 0 aromatic heterocycles. The molecule has 0 aliphatic heterocycles. The van der Waals surface area contributed by atoms with Crippen molar-refractivity contribution in [2.24, 2.45) is 4.99 Å². The molecule has 2 N–H and O–H groups in total.